The summed E-state index contributed by atoms with van der Waals surface area (Å²) in [6, 6.07) is 12.9. The highest BCUT2D eigenvalue weighted by Gasteiger charge is 2.22. The molecule has 1 saturated heterocycles. The van der Waals surface area contributed by atoms with Gasteiger partial charge < -0.3 is 10.7 Å². The van der Waals surface area contributed by atoms with E-state index in [1.54, 1.807) is 0 Å². The minimum absolute atomic E-state index is 0.526. The number of nitrogen functional groups attached to an aromatic ring is 1. The summed E-state index contributed by atoms with van der Waals surface area (Å²) in [6.07, 6.45) is 5.49. The molecule has 3 aromatic rings. The minimum Gasteiger partial charge on any atom is -0.382 e. The van der Waals surface area contributed by atoms with Gasteiger partial charge in [-0.1, -0.05) is 30.3 Å². The third-order valence-electron chi connectivity index (χ3n) is 5.28. The summed E-state index contributed by atoms with van der Waals surface area (Å²) < 4.78 is 0. The number of thioether (sulfide) groups is 1. The Morgan fingerprint density at radius 3 is 2.96 bits per heavy atom. The summed E-state index contributed by atoms with van der Waals surface area (Å²) in [7, 11) is 0. The zero-order chi connectivity index (χ0) is 18.5. The molecule has 27 heavy (non-hydrogen) atoms. The second-order valence-corrected chi connectivity index (χ2v) is 8.49. The van der Waals surface area contributed by atoms with Gasteiger partial charge in [0.05, 0.1) is 5.52 Å². The molecule has 3 N–H and O–H groups in total. The van der Waals surface area contributed by atoms with E-state index in [0.717, 1.165) is 29.2 Å². The highest BCUT2D eigenvalue weighted by Crippen LogP contribution is 2.25. The highest BCUT2D eigenvalue weighted by atomic mass is 32.2. The van der Waals surface area contributed by atoms with Gasteiger partial charge in [-0.3, -0.25) is 4.90 Å². The number of anilines is 1. The van der Waals surface area contributed by atoms with Crippen LogP contribution < -0.4 is 5.73 Å². The summed E-state index contributed by atoms with van der Waals surface area (Å²) in [4.78, 5) is 14.3. The lowest BCUT2D eigenvalue weighted by Crippen LogP contribution is -2.20. The summed E-state index contributed by atoms with van der Waals surface area (Å²) in [5.41, 5.74) is 10.3. The van der Waals surface area contributed by atoms with E-state index < -0.39 is 0 Å². The Labute approximate surface area is 164 Å². The summed E-state index contributed by atoms with van der Waals surface area (Å²) in [5.74, 6) is 3.74. The van der Waals surface area contributed by atoms with Crippen molar-refractivity contribution in [3.63, 3.8) is 0 Å². The largest absolute Gasteiger partial charge is 0.382 e. The van der Waals surface area contributed by atoms with Crippen molar-refractivity contribution in [3.8, 4) is 0 Å². The monoisotopic (exact) mass is 381 g/mol. The Bertz CT molecular complexity index is 863. The van der Waals surface area contributed by atoms with E-state index in [4.69, 9.17) is 5.73 Å². The molecule has 1 atom stereocenters. The Morgan fingerprint density at radius 1 is 1.22 bits per heavy atom. The van der Waals surface area contributed by atoms with E-state index in [1.807, 2.05) is 0 Å². The summed E-state index contributed by atoms with van der Waals surface area (Å²) >= 11 is 2.05. The maximum atomic E-state index is 5.92. The second-order valence-electron chi connectivity index (χ2n) is 7.38. The average molecular weight is 382 g/mol. The van der Waals surface area contributed by atoms with Crippen molar-refractivity contribution >= 4 is 28.6 Å². The maximum absolute atomic E-state index is 5.92. The van der Waals surface area contributed by atoms with Gasteiger partial charge in [-0.25, -0.2) is 9.97 Å². The molecule has 2 aromatic heterocycles. The van der Waals surface area contributed by atoms with Crippen molar-refractivity contribution in [1.29, 1.82) is 0 Å². The van der Waals surface area contributed by atoms with Gasteiger partial charge in [-0.05, 0) is 49.1 Å². The van der Waals surface area contributed by atoms with Crippen LogP contribution in [0.15, 0.2) is 42.7 Å². The van der Waals surface area contributed by atoms with Crippen molar-refractivity contribution in [2.45, 2.75) is 31.6 Å². The van der Waals surface area contributed by atoms with Crippen molar-refractivity contribution in [3.05, 3.63) is 54.0 Å². The first kappa shape index (κ1) is 18.3. The molecule has 1 aliphatic rings. The van der Waals surface area contributed by atoms with E-state index in [2.05, 4.69) is 68.0 Å². The maximum Gasteiger partial charge on any atom is 0.151 e. The number of hydrogen-bond donors (Lipinski definition) is 2. The lowest BCUT2D eigenvalue weighted by molar-refractivity contribution is 0.310. The van der Waals surface area contributed by atoms with Gasteiger partial charge in [0, 0.05) is 24.5 Å². The van der Waals surface area contributed by atoms with Crippen LogP contribution in [0.25, 0.3) is 11.0 Å². The quantitative estimate of drug-likeness (QED) is 0.576. The molecule has 0 saturated carbocycles. The van der Waals surface area contributed by atoms with Crippen LogP contribution in [0.2, 0.25) is 0 Å². The van der Waals surface area contributed by atoms with Gasteiger partial charge in [0.1, 0.15) is 11.8 Å². The fraction of sp³-hybridized carbons (Fsp3) is 0.429. The number of nitrogens with two attached hydrogens (primary N) is 1. The van der Waals surface area contributed by atoms with Crippen LogP contribution in [-0.2, 0) is 12.3 Å². The first-order valence-corrected chi connectivity index (χ1v) is 10.9. The fourth-order valence-electron chi connectivity index (χ4n) is 3.87. The minimum atomic E-state index is 0.526. The predicted octanol–water partition coefficient (Wildman–Crippen LogP) is 4.08. The molecule has 1 aliphatic heterocycles. The predicted molar refractivity (Wildman–Crippen MR) is 114 cm³/mol. The topological polar surface area (TPSA) is 70.8 Å². The highest BCUT2D eigenvalue weighted by molar-refractivity contribution is 7.98. The number of aromatic amines is 1. The standard InChI is InChI=1S/C21H27N5S/c22-21-20-19(23-15-24-21)11-18(25-20)13-26-9-8-16(12-26)7-4-10-27-14-17-5-2-1-3-6-17/h1-3,5-6,11,15-16,25H,4,7-10,12-14H2,(H2,22,23,24)/t16-/m1/s1. The first-order chi connectivity index (χ1) is 13.3. The molecule has 0 bridgehead atoms. The number of nitrogens with zero attached hydrogens (tertiary/aromatic N) is 3. The van der Waals surface area contributed by atoms with Crippen LogP contribution in [0, 0.1) is 5.92 Å². The van der Waals surface area contributed by atoms with Crippen LogP contribution in [0.1, 0.15) is 30.5 Å². The molecular weight excluding hydrogens is 354 g/mol. The van der Waals surface area contributed by atoms with Crippen molar-refractivity contribution < 1.29 is 0 Å². The molecule has 3 heterocycles. The van der Waals surface area contributed by atoms with Crippen LogP contribution in [0.5, 0.6) is 0 Å². The molecule has 0 aliphatic carbocycles. The van der Waals surface area contributed by atoms with Crippen LogP contribution >= 0.6 is 11.8 Å². The van der Waals surface area contributed by atoms with Crippen LogP contribution in [0.3, 0.4) is 0 Å². The zero-order valence-electron chi connectivity index (χ0n) is 15.6. The number of likely N-dealkylation sites (tertiary alicyclic amines) is 1. The van der Waals surface area contributed by atoms with Gasteiger partial charge in [-0.15, -0.1) is 0 Å². The third-order valence-corrected chi connectivity index (χ3v) is 6.39. The second kappa shape index (κ2) is 8.76. The molecule has 5 nitrogen and oxygen atoms in total. The van der Waals surface area contributed by atoms with Crippen LogP contribution in [0.4, 0.5) is 5.82 Å². The Kier molecular flexibility index (Phi) is 5.94. The van der Waals surface area contributed by atoms with E-state index in [0.29, 0.717) is 5.82 Å². The van der Waals surface area contributed by atoms with E-state index in [-0.39, 0.29) is 0 Å². The number of rotatable bonds is 8. The van der Waals surface area contributed by atoms with Crippen molar-refractivity contribution in [2.24, 2.45) is 5.92 Å². The lowest BCUT2D eigenvalue weighted by Gasteiger charge is -2.15. The molecule has 4 rings (SSSR count). The lowest BCUT2D eigenvalue weighted by atomic mass is 10.0. The smallest absolute Gasteiger partial charge is 0.151 e. The van der Waals surface area contributed by atoms with Gasteiger partial charge >= 0.3 is 0 Å². The summed E-state index contributed by atoms with van der Waals surface area (Å²) in [6.45, 7) is 3.31. The molecule has 0 amide bonds. The number of H-pyrrole nitrogens is 1. The normalized spacial score (nSPS) is 17.7. The van der Waals surface area contributed by atoms with Crippen molar-refractivity contribution in [2.75, 3.05) is 24.6 Å². The molecular formula is C21H27N5S. The fourth-order valence-corrected chi connectivity index (χ4v) is 4.81. The molecule has 6 heteroatoms. The molecule has 1 aromatic carbocycles. The molecule has 1 fully saturated rings. The Hall–Kier alpha value is -2.05. The molecule has 0 radical (unpaired) electrons. The molecule has 0 unspecified atom stereocenters. The Balaban J connectivity index is 1.18. The number of nitrogens with one attached hydrogen (secondary N) is 1. The Morgan fingerprint density at radius 2 is 2.11 bits per heavy atom. The third kappa shape index (κ3) is 4.82. The SMILES string of the molecule is Nc1ncnc2cc(CN3CC[C@@H](CCCSCc4ccccc4)C3)[nH]c12. The first-order valence-electron chi connectivity index (χ1n) is 9.70. The summed E-state index contributed by atoms with van der Waals surface area (Å²) in [5, 5.41) is 0. The average Bonchev–Trinajstić information content (AvgIpc) is 3.30. The zero-order valence-corrected chi connectivity index (χ0v) is 16.4. The van der Waals surface area contributed by atoms with Crippen LogP contribution in [-0.4, -0.2) is 38.7 Å². The number of hydrogen-bond acceptors (Lipinski definition) is 5. The van der Waals surface area contributed by atoms with E-state index >= 15 is 0 Å². The van der Waals surface area contributed by atoms with Gasteiger partial charge in [0.15, 0.2) is 5.82 Å². The molecule has 0 spiro atoms. The van der Waals surface area contributed by atoms with E-state index in [1.165, 1.54) is 55.7 Å². The number of aromatic nitrogens is 3. The molecule has 142 valence electrons. The van der Waals surface area contributed by atoms with Crippen molar-refractivity contribution in [1.82, 2.24) is 19.9 Å². The van der Waals surface area contributed by atoms with Gasteiger partial charge in [0.25, 0.3) is 0 Å². The number of fused-ring (bicyclic) bond motifs is 1. The van der Waals surface area contributed by atoms with E-state index in [9.17, 15) is 0 Å². The number of benzene rings is 1. The van der Waals surface area contributed by atoms with Gasteiger partial charge in [-0.2, -0.15) is 11.8 Å². The van der Waals surface area contributed by atoms with Gasteiger partial charge in [0.2, 0.25) is 0 Å².